The molecule has 2 aromatic carbocycles. The average molecular weight is 327 g/mol. The van der Waals surface area contributed by atoms with E-state index in [0.717, 1.165) is 11.3 Å². The highest BCUT2D eigenvalue weighted by Gasteiger charge is 2.28. The van der Waals surface area contributed by atoms with Gasteiger partial charge in [-0.05, 0) is 31.5 Å². The molecule has 24 heavy (non-hydrogen) atoms. The first kappa shape index (κ1) is 17.5. The SMILES string of the molecule is CC(C)(C(=O)NCCNc1ccc([N+](=O)[O-])cc1)c1ccccc1. The van der Waals surface area contributed by atoms with E-state index in [1.807, 2.05) is 44.2 Å². The van der Waals surface area contributed by atoms with Crippen LogP contribution in [0.2, 0.25) is 0 Å². The van der Waals surface area contributed by atoms with E-state index in [1.165, 1.54) is 12.1 Å². The standard InChI is InChI=1S/C18H21N3O3/c1-18(2,14-6-4-3-5-7-14)17(22)20-13-12-19-15-8-10-16(11-9-15)21(23)24/h3-11,19H,12-13H2,1-2H3,(H,20,22). The molecule has 0 atom stereocenters. The van der Waals surface area contributed by atoms with Gasteiger partial charge >= 0.3 is 0 Å². The van der Waals surface area contributed by atoms with Crippen molar-refractivity contribution in [1.29, 1.82) is 0 Å². The van der Waals surface area contributed by atoms with Crippen molar-refractivity contribution in [3.8, 4) is 0 Å². The molecule has 0 aromatic heterocycles. The fourth-order valence-electron chi connectivity index (χ4n) is 2.29. The van der Waals surface area contributed by atoms with E-state index in [0.29, 0.717) is 13.1 Å². The maximum atomic E-state index is 12.4. The molecule has 0 bridgehead atoms. The Kier molecular flexibility index (Phi) is 5.52. The Morgan fingerprint density at radius 1 is 1.04 bits per heavy atom. The number of nitrogens with zero attached hydrogens (tertiary/aromatic N) is 1. The van der Waals surface area contributed by atoms with E-state index < -0.39 is 10.3 Å². The van der Waals surface area contributed by atoms with Gasteiger partial charge in [-0.1, -0.05) is 30.3 Å². The Morgan fingerprint density at radius 2 is 1.67 bits per heavy atom. The zero-order valence-electron chi connectivity index (χ0n) is 13.8. The highest BCUT2D eigenvalue weighted by molar-refractivity contribution is 5.87. The van der Waals surface area contributed by atoms with Crippen LogP contribution in [-0.2, 0) is 10.2 Å². The van der Waals surface area contributed by atoms with Crippen LogP contribution in [0.25, 0.3) is 0 Å². The number of amides is 1. The predicted molar refractivity (Wildman–Crippen MR) is 94.1 cm³/mol. The Bertz CT molecular complexity index is 697. The minimum atomic E-state index is -0.603. The normalized spacial score (nSPS) is 10.9. The van der Waals surface area contributed by atoms with Crippen LogP contribution in [0.5, 0.6) is 0 Å². The molecule has 126 valence electrons. The fourth-order valence-corrected chi connectivity index (χ4v) is 2.29. The van der Waals surface area contributed by atoms with Gasteiger partial charge in [-0.2, -0.15) is 0 Å². The predicted octanol–water partition coefficient (Wildman–Crippen LogP) is 3.10. The summed E-state index contributed by atoms with van der Waals surface area (Å²) in [5, 5.41) is 16.6. The maximum absolute atomic E-state index is 12.4. The lowest BCUT2D eigenvalue weighted by Gasteiger charge is -2.24. The summed E-state index contributed by atoms with van der Waals surface area (Å²) in [6.07, 6.45) is 0. The van der Waals surface area contributed by atoms with Gasteiger partial charge in [0.15, 0.2) is 0 Å². The van der Waals surface area contributed by atoms with Crippen molar-refractivity contribution in [2.45, 2.75) is 19.3 Å². The summed E-state index contributed by atoms with van der Waals surface area (Å²) in [5.74, 6) is -0.0424. The first-order valence-corrected chi connectivity index (χ1v) is 7.73. The molecule has 0 aliphatic heterocycles. The van der Waals surface area contributed by atoms with E-state index >= 15 is 0 Å². The minimum absolute atomic E-state index is 0.0424. The van der Waals surface area contributed by atoms with Gasteiger partial charge in [0.2, 0.25) is 5.91 Å². The third kappa shape index (κ3) is 4.32. The van der Waals surface area contributed by atoms with Gasteiger partial charge in [0, 0.05) is 30.9 Å². The molecule has 0 heterocycles. The van der Waals surface area contributed by atoms with Gasteiger partial charge in [-0.3, -0.25) is 14.9 Å². The number of nitrogens with one attached hydrogen (secondary N) is 2. The van der Waals surface area contributed by atoms with Crippen LogP contribution in [0.3, 0.4) is 0 Å². The van der Waals surface area contributed by atoms with E-state index in [-0.39, 0.29) is 11.6 Å². The molecular formula is C18H21N3O3. The lowest BCUT2D eigenvalue weighted by Crippen LogP contribution is -2.41. The van der Waals surface area contributed by atoms with Gasteiger partial charge in [0.1, 0.15) is 0 Å². The van der Waals surface area contributed by atoms with Crippen molar-refractivity contribution in [2.75, 3.05) is 18.4 Å². The molecule has 2 rings (SSSR count). The Labute approximate surface area is 141 Å². The molecular weight excluding hydrogens is 306 g/mol. The largest absolute Gasteiger partial charge is 0.383 e. The summed E-state index contributed by atoms with van der Waals surface area (Å²) in [7, 11) is 0. The number of rotatable bonds is 7. The maximum Gasteiger partial charge on any atom is 0.269 e. The second-order valence-corrected chi connectivity index (χ2v) is 5.98. The van der Waals surface area contributed by atoms with Crippen LogP contribution in [0, 0.1) is 10.1 Å². The highest BCUT2D eigenvalue weighted by atomic mass is 16.6. The molecule has 0 saturated heterocycles. The summed E-state index contributed by atoms with van der Waals surface area (Å²) in [6, 6.07) is 15.8. The summed E-state index contributed by atoms with van der Waals surface area (Å²) < 4.78 is 0. The van der Waals surface area contributed by atoms with Gasteiger partial charge in [0.25, 0.3) is 5.69 Å². The summed E-state index contributed by atoms with van der Waals surface area (Å²) in [6.45, 7) is 4.78. The number of benzene rings is 2. The zero-order valence-corrected chi connectivity index (χ0v) is 13.8. The van der Waals surface area contributed by atoms with Crippen molar-refractivity contribution in [3.63, 3.8) is 0 Å². The van der Waals surface area contributed by atoms with Crippen molar-refractivity contribution < 1.29 is 9.72 Å². The Morgan fingerprint density at radius 3 is 2.25 bits per heavy atom. The number of carbonyl (C=O) groups is 1. The number of carbonyl (C=O) groups excluding carboxylic acids is 1. The van der Waals surface area contributed by atoms with Crippen molar-refractivity contribution >= 4 is 17.3 Å². The van der Waals surface area contributed by atoms with E-state index in [2.05, 4.69) is 10.6 Å². The first-order chi connectivity index (χ1) is 11.4. The van der Waals surface area contributed by atoms with Gasteiger partial charge in [-0.25, -0.2) is 0 Å². The molecule has 0 unspecified atom stereocenters. The minimum Gasteiger partial charge on any atom is -0.383 e. The molecule has 0 saturated carbocycles. The van der Waals surface area contributed by atoms with Gasteiger partial charge in [-0.15, -0.1) is 0 Å². The third-order valence-electron chi connectivity index (χ3n) is 3.88. The molecule has 2 N–H and O–H groups in total. The number of non-ortho nitro benzene ring substituents is 1. The Balaban J connectivity index is 1.81. The fraction of sp³-hybridized carbons (Fsp3) is 0.278. The van der Waals surface area contributed by atoms with Crippen LogP contribution in [0.15, 0.2) is 54.6 Å². The van der Waals surface area contributed by atoms with Crippen LogP contribution < -0.4 is 10.6 Å². The Hall–Kier alpha value is -2.89. The molecule has 0 aliphatic carbocycles. The molecule has 0 spiro atoms. The topological polar surface area (TPSA) is 84.3 Å². The van der Waals surface area contributed by atoms with E-state index in [4.69, 9.17) is 0 Å². The lowest BCUT2D eigenvalue weighted by molar-refractivity contribution is -0.384. The number of hydrogen-bond donors (Lipinski definition) is 2. The summed E-state index contributed by atoms with van der Waals surface area (Å²) >= 11 is 0. The molecule has 0 fully saturated rings. The lowest BCUT2D eigenvalue weighted by atomic mass is 9.84. The molecule has 6 heteroatoms. The zero-order chi connectivity index (χ0) is 17.6. The van der Waals surface area contributed by atoms with Crippen molar-refractivity contribution in [1.82, 2.24) is 5.32 Å². The summed E-state index contributed by atoms with van der Waals surface area (Å²) in [5.41, 5.74) is 1.19. The van der Waals surface area contributed by atoms with Gasteiger partial charge in [0.05, 0.1) is 10.3 Å². The van der Waals surface area contributed by atoms with Crippen molar-refractivity contribution in [3.05, 3.63) is 70.3 Å². The van der Waals surface area contributed by atoms with E-state index in [9.17, 15) is 14.9 Å². The van der Waals surface area contributed by atoms with Crippen LogP contribution in [0.4, 0.5) is 11.4 Å². The molecule has 2 aromatic rings. The quantitative estimate of drug-likeness (QED) is 0.465. The number of nitro groups is 1. The van der Waals surface area contributed by atoms with E-state index in [1.54, 1.807) is 12.1 Å². The first-order valence-electron chi connectivity index (χ1n) is 7.73. The van der Waals surface area contributed by atoms with Crippen LogP contribution in [0.1, 0.15) is 19.4 Å². The van der Waals surface area contributed by atoms with Gasteiger partial charge < -0.3 is 10.6 Å². The third-order valence-corrected chi connectivity index (χ3v) is 3.88. The molecule has 6 nitrogen and oxygen atoms in total. The highest BCUT2D eigenvalue weighted by Crippen LogP contribution is 2.22. The second kappa shape index (κ2) is 7.59. The van der Waals surface area contributed by atoms with Crippen molar-refractivity contribution in [2.24, 2.45) is 0 Å². The number of anilines is 1. The molecule has 0 radical (unpaired) electrons. The molecule has 1 amide bonds. The van der Waals surface area contributed by atoms with Crippen LogP contribution in [-0.4, -0.2) is 23.9 Å². The van der Waals surface area contributed by atoms with Crippen LogP contribution >= 0.6 is 0 Å². The number of hydrogen-bond acceptors (Lipinski definition) is 4. The number of nitro benzene ring substituents is 1. The smallest absolute Gasteiger partial charge is 0.269 e. The summed E-state index contributed by atoms with van der Waals surface area (Å²) in [4.78, 5) is 22.5. The molecule has 0 aliphatic rings. The monoisotopic (exact) mass is 327 g/mol. The average Bonchev–Trinajstić information content (AvgIpc) is 2.59. The second-order valence-electron chi connectivity index (χ2n) is 5.98.